The minimum atomic E-state index is -0.518. The van der Waals surface area contributed by atoms with Gasteiger partial charge >= 0.3 is 0 Å². The van der Waals surface area contributed by atoms with Crippen molar-refractivity contribution in [3.8, 4) is 5.88 Å². The lowest BCUT2D eigenvalue weighted by Gasteiger charge is -1.98. The second-order valence-corrected chi connectivity index (χ2v) is 7.40. The first-order valence-corrected chi connectivity index (χ1v) is 8.74. The first-order valence-electron chi connectivity index (χ1n) is 7.11. The molecule has 0 saturated carbocycles. The van der Waals surface area contributed by atoms with Gasteiger partial charge in [0.2, 0.25) is 11.0 Å². The number of rotatable bonds is 2. The molecule has 1 aliphatic rings. The molecule has 7 nitrogen and oxygen atoms in total. The molecule has 0 atom stereocenters. The number of benzene rings is 1. The van der Waals surface area contributed by atoms with Crippen molar-refractivity contribution in [2.24, 2.45) is 17.0 Å². The summed E-state index contributed by atoms with van der Waals surface area (Å²) in [6, 6.07) is 3.92. The number of carbonyl (C=O) groups excluding carboxylic acids is 1. The summed E-state index contributed by atoms with van der Waals surface area (Å²) in [5, 5.41) is 20.2. The zero-order valence-corrected chi connectivity index (χ0v) is 14.7. The van der Waals surface area contributed by atoms with Crippen LogP contribution in [-0.4, -0.2) is 25.8 Å². The quantitative estimate of drug-likeness (QED) is 0.713. The number of halogens is 1. The van der Waals surface area contributed by atoms with Crippen LogP contribution in [0.15, 0.2) is 28.2 Å². The Morgan fingerprint density at radius 1 is 1.28 bits per heavy atom. The predicted molar refractivity (Wildman–Crippen MR) is 89.5 cm³/mol. The highest BCUT2D eigenvalue weighted by molar-refractivity contribution is 7.15. The molecule has 25 heavy (non-hydrogen) atoms. The highest BCUT2D eigenvalue weighted by atomic mass is 32.1. The number of hydrogen-bond donors (Lipinski definition) is 1. The Labute approximate surface area is 147 Å². The molecule has 1 aromatic carbocycles. The molecule has 1 N–H and O–H groups in total. The SMILES string of the molecule is Cc1nnc(/N=c2/sc(C3=c4cc(F)ccc4=NC3=O)c(O)n2C)s1. The van der Waals surface area contributed by atoms with Crippen molar-refractivity contribution in [1.29, 1.82) is 0 Å². The van der Waals surface area contributed by atoms with Gasteiger partial charge in [-0.15, -0.1) is 10.2 Å². The summed E-state index contributed by atoms with van der Waals surface area (Å²) in [5.41, 5.74) is 0.169. The Kier molecular flexibility index (Phi) is 3.58. The third-order valence-corrected chi connectivity index (χ3v) is 5.47. The Morgan fingerprint density at radius 3 is 2.80 bits per heavy atom. The van der Waals surface area contributed by atoms with Gasteiger partial charge in [0.25, 0.3) is 5.91 Å². The molecule has 2 aromatic heterocycles. The van der Waals surface area contributed by atoms with Crippen LogP contribution in [0.2, 0.25) is 0 Å². The van der Waals surface area contributed by atoms with Crippen LogP contribution in [0.1, 0.15) is 9.88 Å². The van der Waals surface area contributed by atoms with Crippen LogP contribution in [0, 0.1) is 12.7 Å². The smallest absolute Gasteiger partial charge is 0.279 e. The van der Waals surface area contributed by atoms with Crippen LogP contribution in [0.5, 0.6) is 5.88 Å². The zero-order valence-electron chi connectivity index (χ0n) is 13.0. The summed E-state index contributed by atoms with van der Waals surface area (Å²) >= 11 is 2.42. The summed E-state index contributed by atoms with van der Waals surface area (Å²) in [5.74, 6) is -1.13. The minimum absolute atomic E-state index is 0.138. The van der Waals surface area contributed by atoms with Gasteiger partial charge in [0.15, 0.2) is 4.80 Å². The van der Waals surface area contributed by atoms with Gasteiger partial charge in [-0.1, -0.05) is 22.7 Å². The fourth-order valence-corrected chi connectivity index (χ4v) is 4.11. The second kappa shape index (κ2) is 5.67. The fourth-order valence-electron chi connectivity index (χ4n) is 2.43. The highest BCUT2D eigenvalue weighted by Gasteiger charge is 2.25. The van der Waals surface area contributed by atoms with Gasteiger partial charge in [0, 0.05) is 12.3 Å². The molecule has 0 fully saturated rings. The van der Waals surface area contributed by atoms with Crippen molar-refractivity contribution in [3.05, 3.63) is 49.3 Å². The number of aromatic hydroxyl groups is 1. The Hall–Kier alpha value is -2.72. The molecule has 10 heteroatoms. The van der Waals surface area contributed by atoms with Crippen molar-refractivity contribution >= 4 is 39.3 Å². The maximum Gasteiger partial charge on any atom is 0.279 e. The van der Waals surface area contributed by atoms with Crippen molar-refractivity contribution in [1.82, 2.24) is 14.8 Å². The van der Waals surface area contributed by atoms with Gasteiger partial charge in [-0.05, 0) is 25.1 Å². The van der Waals surface area contributed by atoms with Gasteiger partial charge in [-0.2, -0.15) is 4.99 Å². The number of nitrogens with zero attached hydrogens (tertiary/aromatic N) is 5. The predicted octanol–water partition coefficient (Wildman–Crippen LogP) is 0.682. The maximum absolute atomic E-state index is 13.6. The van der Waals surface area contributed by atoms with E-state index in [4.69, 9.17) is 0 Å². The van der Waals surface area contributed by atoms with Crippen LogP contribution in [0.3, 0.4) is 0 Å². The first kappa shape index (κ1) is 15.8. The molecule has 0 bridgehead atoms. The molecular weight excluding hydrogens is 365 g/mol. The van der Waals surface area contributed by atoms with E-state index in [0.29, 0.717) is 25.4 Å². The lowest BCUT2D eigenvalue weighted by molar-refractivity contribution is -0.112. The molecule has 1 amide bonds. The molecule has 1 aliphatic heterocycles. The fraction of sp³-hybridized carbons (Fsp3) is 0.133. The van der Waals surface area contributed by atoms with Crippen molar-refractivity contribution < 1.29 is 14.3 Å². The molecule has 0 aliphatic carbocycles. The summed E-state index contributed by atoms with van der Waals surface area (Å²) < 4.78 is 15.0. The summed E-state index contributed by atoms with van der Waals surface area (Å²) in [6.45, 7) is 1.81. The molecule has 0 unspecified atom stereocenters. The summed E-state index contributed by atoms with van der Waals surface area (Å²) in [7, 11) is 1.62. The Morgan fingerprint density at radius 2 is 2.08 bits per heavy atom. The number of fused-ring (bicyclic) bond motifs is 1. The summed E-state index contributed by atoms with van der Waals surface area (Å²) in [4.78, 5) is 21.3. The first-order chi connectivity index (χ1) is 11.9. The van der Waals surface area contributed by atoms with E-state index in [2.05, 4.69) is 20.2 Å². The van der Waals surface area contributed by atoms with Gasteiger partial charge in [-0.3, -0.25) is 9.36 Å². The van der Waals surface area contributed by atoms with E-state index >= 15 is 0 Å². The number of aryl methyl sites for hydroxylation is 1. The highest BCUT2D eigenvalue weighted by Crippen LogP contribution is 2.28. The van der Waals surface area contributed by atoms with E-state index in [1.807, 2.05) is 6.92 Å². The van der Waals surface area contributed by atoms with Crippen LogP contribution in [0.4, 0.5) is 9.52 Å². The number of aromatic nitrogens is 3. The van der Waals surface area contributed by atoms with Crippen LogP contribution >= 0.6 is 22.7 Å². The molecule has 0 saturated heterocycles. The molecular formula is C15H10FN5O2S2. The maximum atomic E-state index is 13.6. The van der Waals surface area contributed by atoms with Gasteiger partial charge in [0.05, 0.1) is 10.9 Å². The number of amides is 1. The number of hydrogen-bond acceptors (Lipinski definition) is 7. The third kappa shape index (κ3) is 2.59. The van der Waals surface area contributed by atoms with Crippen molar-refractivity contribution in [2.45, 2.75) is 6.92 Å². The Balaban J connectivity index is 1.98. The second-order valence-electron chi connectivity index (χ2n) is 5.27. The third-order valence-electron chi connectivity index (χ3n) is 3.60. The van der Waals surface area contributed by atoms with Gasteiger partial charge in [-0.25, -0.2) is 9.38 Å². The van der Waals surface area contributed by atoms with Crippen molar-refractivity contribution in [3.63, 3.8) is 0 Å². The summed E-state index contributed by atoms with van der Waals surface area (Å²) in [6.07, 6.45) is 0. The minimum Gasteiger partial charge on any atom is -0.493 e. The monoisotopic (exact) mass is 375 g/mol. The average molecular weight is 375 g/mol. The topological polar surface area (TPSA) is 92.7 Å². The van der Waals surface area contributed by atoms with Crippen LogP contribution in [0.25, 0.3) is 5.57 Å². The van der Waals surface area contributed by atoms with E-state index in [1.165, 1.54) is 34.1 Å². The Bertz CT molecular complexity index is 1220. The molecule has 3 aromatic rings. The van der Waals surface area contributed by atoms with Crippen LogP contribution < -0.4 is 15.4 Å². The average Bonchev–Trinajstić information content (AvgIpc) is 3.19. The zero-order chi connectivity index (χ0) is 17.7. The van der Waals surface area contributed by atoms with Gasteiger partial charge < -0.3 is 5.11 Å². The van der Waals surface area contributed by atoms with E-state index in [0.717, 1.165) is 16.3 Å². The molecule has 0 radical (unpaired) electrons. The number of thiazole rings is 1. The normalized spacial score (nSPS) is 14.1. The van der Waals surface area contributed by atoms with E-state index in [9.17, 15) is 14.3 Å². The lowest BCUT2D eigenvalue weighted by atomic mass is 10.1. The molecule has 126 valence electrons. The molecule has 4 rings (SSSR count). The number of carbonyl (C=O) groups is 1. The van der Waals surface area contributed by atoms with E-state index < -0.39 is 11.7 Å². The van der Waals surface area contributed by atoms with Crippen molar-refractivity contribution in [2.75, 3.05) is 0 Å². The standard InChI is InChI=1S/C15H10FN5O2S2/c1-6-19-20-14(24-6)18-15-21(2)13(23)11(25-15)10-8-5-7(16)3-4-9(8)17-12(10)22/h3-5,23H,1-2H3/b18-15+. The molecule has 0 spiro atoms. The van der Waals surface area contributed by atoms with E-state index in [-0.39, 0.29) is 11.5 Å². The van der Waals surface area contributed by atoms with Gasteiger partial charge in [0.1, 0.15) is 15.7 Å². The van der Waals surface area contributed by atoms with E-state index in [1.54, 1.807) is 7.05 Å². The molecule has 3 heterocycles. The lowest BCUT2D eigenvalue weighted by Crippen LogP contribution is -2.23. The largest absolute Gasteiger partial charge is 0.493 e. The van der Waals surface area contributed by atoms with Crippen LogP contribution in [-0.2, 0) is 11.8 Å².